The molecule has 0 unspecified atom stereocenters. The summed E-state index contributed by atoms with van der Waals surface area (Å²) in [5.74, 6) is -0.773. The number of amides is 1. The van der Waals surface area contributed by atoms with Crippen LogP contribution in [-0.4, -0.2) is 36.6 Å². The lowest BCUT2D eigenvalue weighted by Gasteiger charge is -2.42. The van der Waals surface area contributed by atoms with Crippen LogP contribution in [0.2, 0.25) is 5.02 Å². The third kappa shape index (κ3) is 2.84. The van der Waals surface area contributed by atoms with Gasteiger partial charge in [0.15, 0.2) is 5.79 Å². The zero-order chi connectivity index (χ0) is 18.4. The minimum Gasteiger partial charge on any atom is -0.509 e. The third-order valence-corrected chi connectivity index (χ3v) is 5.85. The Morgan fingerprint density at radius 1 is 1.08 bits per heavy atom. The molecule has 2 N–H and O–H groups in total. The molecule has 0 bridgehead atoms. The van der Waals surface area contributed by atoms with Gasteiger partial charge in [0.25, 0.3) is 5.91 Å². The van der Waals surface area contributed by atoms with Crippen molar-refractivity contribution in [1.82, 2.24) is 5.32 Å². The molecule has 0 saturated heterocycles. The molecule has 6 heteroatoms. The van der Waals surface area contributed by atoms with Crippen LogP contribution in [0.25, 0.3) is 5.57 Å². The van der Waals surface area contributed by atoms with Crippen molar-refractivity contribution in [2.75, 3.05) is 14.2 Å². The molecule has 2 aliphatic rings. The van der Waals surface area contributed by atoms with E-state index < -0.39 is 11.3 Å². The van der Waals surface area contributed by atoms with E-state index in [4.69, 9.17) is 21.1 Å². The molecule has 25 heavy (non-hydrogen) atoms. The summed E-state index contributed by atoms with van der Waals surface area (Å²) in [5, 5.41) is 14.6. The van der Waals surface area contributed by atoms with E-state index >= 15 is 0 Å². The molecule has 5 nitrogen and oxygen atoms in total. The van der Waals surface area contributed by atoms with Gasteiger partial charge in [0, 0.05) is 32.1 Å². The van der Waals surface area contributed by atoms with Gasteiger partial charge in [0.2, 0.25) is 0 Å². The summed E-state index contributed by atoms with van der Waals surface area (Å²) in [6, 6.07) is 3.62. The van der Waals surface area contributed by atoms with E-state index in [1.54, 1.807) is 14.2 Å². The molecular formula is C19H24ClNO4. The Bertz CT molecular complexity index is 719. The van der Waals surface area contributed by atoms with Crippen LogP contribution in [0.3, 0.4) is 0 Å². The average Bonchev–Trinajstić information content (AvgIpc) is 2.80. The van der Waals surface area contributed by atoms with E-state index in [0.29, 0.717) is 36.3 Å². The highest BCUT2D eigenvalue weighted by atomic mass is 35.5. The Kier molecular flexibility index (Phi) is 4.60. The van der Waals surface area contributed by atoms with Gasteiger partial charge in [0.1, 0.15) is 5.76 Å². The molecular weight excluding hydrogens is 342 g/mol. The molecule has 1 aliphatic heterocycles. The van der Waals surface area contributed by atoms with Crippen molar-refractivity contribution in [2.45, 2.75) is 50.9 Å². The highest BCUT2D eigenvalue weighted by Gasteiger charge is 2.52. The maximum Gasteiger partial charge on any atom is 0.256 e. The molecule has 1 fully saturated rings. The molecule has 1 aliphatic carbocycles. The molecule has 136 valence electrons. The monoisotopic (exact) mass is 365 g/mol. The number of carbonyl (C=O) groups excluding carboxylic acids is 1. The minimum absolute atomic E-state index is 0.117. The number of rotatable bonds is 3. The molecule has 3 rings (SSSR count). The van der Waals surface area contributed by atoms with Crippen molar-refractivity contribution in [2.24, 2.45) is 0 Å². The van der Waals surface area contributed by atoms with Crippen molar-refractivity contribution in [3.8, 4) is 0 Å². The lowest BCUT2D eigenvalue weighted by molar-refractivity contribution is -0.229. The Morgan fingerprint density at radius 3 is 2.08 bits per heavy atom. The van der Waals surface area contributed by atoms with E-state index in [1.807, 2.05) is 26.0 Å². The molecule has 1 spiro atoms. The van der Waals surface area contributed by atoms with Crippen LogP contribution in [-0.2, 0) is 14.3 Å². The summed E-state index contributed by atoms with van der Waals surface area (Å²) in [6.45, 7) is 3.79. The minimum atomic E-state index is -0.745. The molecule has 1 aromatic carbocycles. The molecule has 0 atom stereocenters. The maximum atomic E-state index is 12.7. The van der Waals surface area contributed by atoms with Crippen LogP contribution >= 0.6 is 11.6 Å². The highest BCUT2D eigenvalue weighted by molar-refractivity contribution is 6.31. The second-order valence-corrected chi connectivity index (χ2v) is 7.43. The number of aliphatic hydroxyl groups is 1. The molecule has 1 heterocycles. The largest absolute Gasteiger partial charge is 0.509 e. The van der Waals surface area contributed by atoms with Crippen LogP contribution in [0, 0.1) is 13.8 Å². The SMILES string of the molecule is COC1(OC)CCC2(CC1)NC(=O)C(c1c(C)cc(Cl)cc1C)=C2O. The fraction of sp³-hybridized carbons (Fsp3) is 0.526. The van der Waals surface area contributed by atoms with Gasteiger partial charge in [-0.25, -0.2) is 0 Å². The summed E-state index contributed by atoms with van der Waals surface area (Å²) in [5.41, 5.74) is 2.11. The first-order valence-electron chi connectivity index (χ1n) is 8.41. The van der Waals surface area contributed by atoms with Crippen LogP contribution in [0.15, 0.2) is 17.9 Å². The predicted octanol–water partition coefficient (Wildman–Crippen LogP) is 3.66. The Labute approximate surface area is 153 Å². The number of nitrogens with one attached hydrogen (secondary N) is 1. The van der Waals surface area contributed by atoms with Gasteiger partial charge < -0.3 is 19.9 Å². The number of carbonyl (C=O) groups is 1. The average molecular weight is 366 g/mol. The summed E-state index contributed by atoms with van der Waals surface area (Å²) in [7, 11) is 3.24. The van der Waals surface area contributed by atoms with Gasteiger partial charge in [-0.15, -0.1) is 0 Å². The highest BCUT2D eigenvalue weighted by Crippen LogP contribution is 2.46. The lowest BCUT2D eigenvalue weighted by atomic mass is 9.77. The topological polar surface area (TPSA) is 67.8 Å². The normalized spacial score (nSPS) is 21.7. The summed E-state index contributed by atoms with van der Waals surface area (Å²) in [6.07, 6.45) is 2.30. The maximum absolute atomic E-state index is 12.7. The van der Waals surface area contributed by atoms with Gasteiger partial charge >= 0.3 is 0 Å². The van der Waals surface area contributed by atoms with Crippen LogP contribution in [0.1, 0.15) is 42.4 Å². The van der Waals surface area contributed by atoms with Crippen molar-refractivity contribution in [3.05, 3.63) is 39.6 Å². The van der Waals surface area contributed by atoms with Crippen LogP contribution in [0.4, 0.5) is 0 Å². The van der Waals surface area contributed by atoms with E-state index in [1.165, 1.54) is 0 Å². The number of aliphatic hydroxyl groups excluding tert-OH is 1. The van der Waals surface area contributed by atoms with E-state index in [-0.39, 0.29) is 11.7 Å². The first-order chi connectivity index (χ1) is 11.8. The molecule has 0 radical (unpaired) electrons. The lowest BCUT2D eigenvalue weighted by Crippen LogP contribution is -2.52. The number of benzene rings is 1. The quantitative estimate of drug-likeness (QED) is 0.802. The zero-order valence-corrected chi connectivity index (χ0v) is 15.8. The Morgan fingerprint density at radius 2 is 1.60 bits per heavy atom. The number of hydrogen-bond donors (Lipinski definition) is 2. The number of aryl methyl sites for hydroxylation is 2. The third-order valence-electron chi connectivity index (χ3n) is 5.63. The van der Waals surface area contributed by atoms with Gasteiger partial charge in [-0.3, -0.25) is 4.79 Å². The second-order valence-electron chi connectivity index (χ2n) is 6.99. The van der Waals surface area contributed by atoms with Crippen LogP contribution in [0.5, 0.6) is 0 Å². The Balaban J connectivity index is 2.02. The summed E-state index contributed by atoms with van der Waals surface area (Å²) in [4.78, 5) is 12.7. The van der Waals surface area contributed by atoms with Crippen molar-refractivity contribution >= 4 is 23.1 Å². The van der Waals surface area contributed by atoms with E-state index in [2.05, 4.69) is 5.32 Å². The number of hydrogen-bond acceptors (Lipinski definition) is 4. The smallest absolute Gasteiger partial charge is 0.256 e. The predicted molar refractivity (Wildman–Crippen MR) is 96.6 cm³/mol. The van der Waals surface area contributed by atoms with Gasteiger partial charge in [-0.1, -0.05) is 11.6 Å². The van der Waals surface area contributed by atoms with Gasteiger partial charge in [-0.2, -0.15) is 0 Å². The van der Waals surface area contributed by atoms with Crippen molar-refractivity contribution < 1.29 is 19.4 Å². The summed E-state index contributed by atoms with van der Waals surface area (Å²) >= 11 is 6.10. The number of halogens is 1. The molecule has 1 aromatic rings. The van der Waals surface area contributed by atoms with E-state index in [0.717, 1.165) is 16.7 Å². The molecule has 1 amide bonds. The zero-order valence-electron chi connectivity index (χ0n) is 15.0. The van der Waals surface area contributed by atoms with Crippen molar-refractivity contribution in [1.29, 1.82) is 0 Å². The summed E-state index contributed by atoms with van der Waals surface area (Å²) < 4.78 is 11.0. The van der Waals surface area contributed by atoms with Gasteiger partial charge in [0.05, 0.1) is 11.1 Å². The molecule has 1 saturated carbocycles. The molecule has 0 aromatic heterocycles. The van der Waals surface area contributed by atoms with Gasteiger partial charge in [-0.05, 0) is 55.5 Å². The fourth-order valence-corrected chi connectivity index (χ4v) is 4.46. The first kappa shape index (κ1) is 18.2. The standard InChI is InChI=1S/C19H24ClNO4/c1-11-9-13(20)10-12(2)14(11)15-16(22)18(21-17(15)23)5-7-19(24-3,25-4)8-6-18/h9-10,22H,5-8H2,1-4H3,(H,21,23). The first-order valence-corrected chi connectivity index (χ1v) is 8.79. The number of methoxy groups -OCH3 is 2. The number of ether oxygens (including phenoxy) is 2. The second kappa shape index (κ2) is 6.31. The fourth-order valence-electron chi connectivity index (χ4n) is 4.13. The van der Waals surface area contributed by atoms with Crippen LogP contribution < -0.4 is 5.32 Å². The Hall–Kier alpha value is -1.56. The van der Waals surface area contributed by atoms with E-state index in [9.17, 15) is 9.90 Å². The van der Waals surface area contributed by atoms with Crippen molar-refractivity contribution in [3.63, 3.8) is 0 Å².